The first-order valence-electron chi connectivity index (χ1n) is 12.8. The van der Waals surface area contributed by atoms with Crippen molar-refractivity contribution >= 4 is 17.8 Å². The summed E-state index contributed by atoms with van der Waals surface area (Å²) in [4.78, 5) is 38.9. The van der Waals surface area contributed by atoms with Crippen LogP contribution in [0.1, 0.15) is 98.3 Å². The maximum absolute atomic E-state index is 12.8. The quantitative estimate of drug-likeness (QED) is 0.107. The number of unbranched alkanes of at least 4 members (excludes halogenated alkanes) is 9. The van der Waals surface area contributed by atoms with E-state index in [1.165, 1.54) is 68.4 Å². The van der Waals surface area contributed by atoms with Crippen molar-refractivity contribution in [2.75, 3.05) is 27.3 Å². The average molecular weight is 466 g/mol. The number of nitrogens with zero attached hydrogens (tertiary/aromatic N) is 1. The van der Waals surface area contributed by atoms with Crippen LogP contribution in [-0.2, 0) is 23.9 Å². The molecule has 0 spiro atoms. The molecule has 0 aromatic carbocycles. The lowest BCUT2D eigenvalue weighted by molar-refractivity contribution is -0.142. The molecule has 0 bridgehead atoms. The molecule has 0 aromatic rings. The fraction of sp³-hybridized carbons (Fsp3) is 0.741. The molecular formula is C27H47NO5. The van der Waals surface area contributed by atoms with Gasteiger partial charge < -0.3 is 14.4 Å². The molecule has 0 aliphatic heterocycles. The van der Waals surface area contributed by atoms with Gasteiger partial charge in [0.2, 0.25) is 5.91 Å². The van der Waals surface area contributed by atoms with Gasteiger partial charge in [0.05, 0.1) is 24.4 Å². The maximum atomic E-state index is 12.8. The van der Waals surface area contributed by atoms with Crippen molar-refractivity contribution in [2.24, 2.45) is 5.92 Å². The molecule has 0 rings (SSSR count). The molecule has 0 radical (unpaired) electrons. The summed E-state index contributed by atoms with van der Waals surface area (Å²) in [6, 6.07) is 0. The van der Waals surface area contributed by atoms with Gasteiger partial charge in [-0.2, -0.15) is 0 Å². The van der Waals surface area contributed by atoms with Crippen LogP contribution in [0.5, 0.6) is 0 Å². The van der Waals surface area contributed by atoms with E-state index in [9.17, 15) is 14.4 Å². The smallest absolute Gasteiger partial charge is 0.338 e. The number of amides is 1. The van der Waals surface area contributed by atoms with Gasteiger partial charge in [0.15, 0.2) is 0 Å². The Kier molecular flexibility index (Phi) is 18.1. The molecule has 1 amide bonds. The molecule has 0 heterocycles. The molecule has 0 aliphatic carbocycles. The zero-order valence-corrected chi connectivity index (χ0v) is 21.9. The average Bonchev–Trinajstić information content (AvgIpc) is 2.77. The summed E-state index contributed by atoms with van der Waals surface area (Å²) in [7, 11) is 3.25. The van der Waals surface area contributed by atoms with E-state index in [0.717, 1.165) is 19.3 Å². The van der Waals surface area contributed by atoms with Gasteiger partial charge in [0.1, 0.15) is 0 Å². The fourth-order valence-electron chi connectivity index (χ4n) is 3.65. The fourth-order valence-corrected chi connectivity index (χ4v) is 3.65. The minimum Gasteiger partial charge on any atom is -0.463 e. The third-order valence-electron chi connectivity index (χ3n) is 5.60. The molecule has 6 nitrogen and oxygen atoms in total. The lowest BCUT2D eigenvalue weighted by Gasteiger charge is -2.18. The van der Waals surface area contributed by atoms with Gasteiger partial charge in [0.25, 0.3) is 0 Å². The molecule has 190 valence electrons. The molecule has 1 atom stereocenters. The zero-order chi connectivity index (χ0) is 25.1. The monoisotopic (exact) mass is 465 g/mol. The van der Waals surface area contributed by atoms with E-state index in [1.807, 2.05) is 6.92 Å². The number of esters is 2. The Morgan fingerprint density at radius 2 is 1.21 bits per heavy atom. The number of hydrogen-bond acceptors (Lipinski definition) is 5. The van der Waals surface area contributed by atoms with Gasteiger partial charge in [-0.05, 0) is 32.3 Å². The van der Waals surface area contributed by atoms with Crippen LogP contribution in [-0.4, -0.2) is 50.1 Å². The number of hydrogen-bond donors (Lipinski definition) is 0. The summed E-state index contributed by atoms with van der Waals surface area (Å²) in [5.41, 5.74) is 0.388. The Balaban J connectivity index is 5.18. The van der Waals surface area contributed by atoms with Crippen LogP contribution in [0.25, 0.3) is 0 Å². The number of carbonyl (C=O) groups is 3. The second kappa shape index (κ2) is 19.4. The summed E-state index contributed by atoms with van der Waals surface area (Å²) in [5.74, 6) is -1.60. The van der Waals surface area contributed by atoms with Crippen molar-refractivity contribution in [1.82, 2.24) is 4.90 Å². The second-order valence-electron chi connectivity index (χ2n) is 8.71. The van der Waals surface area contributed by atoms with E-state index in [2.05, 4.69) is 6.92 Å². The Hall–Kier alpha value is -2.11. The Morgan fingerprint density at radius 1 is 0.727 bits per heavy atom. The zero-order valence-electron chi connectivity index (χ0n) is 21.9. The molecule has 6 heteroatoms. The number of ether oxygens (including phenoxy) is 2. The van der Waals surface area contributed by atoms with Crippen LogP contribution in [0, 0.1) is 5.92 Å². The van der Waals surface area contributed by atoms with Crippen molar-refractivity contribution in [3.63, 3.8) is 0 Å². The molecular weight excluding hydrogens is 418 g/mol. The van der Waals surface area contributed by atoms with E-state index in [-0.39, 0.29) is 36.2 Å². The second-order valence-corrected chi connectivity index (χ2v) is 8.71. The lowest BCUT2D eigenvalue weighted by atomic mass is 9.90. The molecule has 0 saturated heterocycles. The van der Waals surface area contributed by atoms with E-state index < -0.39 is 11.9 Å². The maximum Gasteiger partial charge on any atom is 0.338 e. The summed E-state index contributed by atoms with van der Waals surface area (Å²) >= 11 is 0. The first-order chi connectivity index (χ1) is 15.8. The van der Waals surface area contributed by atoms with Crippen LogP contribution in [0.15, 0.2) is 23.3 Å². The lowest BCUT2D eigenvalue weighted by Crippen LogP contribution is -2.22. The van der Waals surface area contributed by atoms with Gasteiger partial charge in [-0.3, -0.25) is 4.79 Å². The van der Waals surface area contributed by atoms with Crippen LogP contribution in [0.4, 0.5) is 0 Å². The minimum absolute atomic E-state index is 0.102. The van der Waals surface area contributed by atoms with Gasteiger partial charge in [-0.1, -0.05) is 78.1 Å². The van der Waals surface area contributed by atoms with Crippen LogP contribution in [0.2, 0.25) is 0 Å². The van der Waals surface area contributed by atoms with Crippen LogP contribution < -0.4 is 0 Å². The Morgan fingerprint density at radius 3 is 1.70 bits per heavy atom. The highest BCUT2D eigenvalue weighted by atomic mass is 16.5. The van der Waals surface area contributed by atoms with Gasteiger partial charge >= 0.3 is 11.9 Å². The van der Waals surface area contributed by atoms with Crippen molar-refractivity contribution < 1.29 is 23.9 Å². The molecule has 0 aromatic heterocycles. The number of rotatable bonds is 18. The summed E-state index contributed by atoms with van der Waals surface area (Å²) in [6.45, 7) is 8.00. The van der Waals surface area contributed by atoms with Crippen molar-refractivity contribution in [3.05, 3.63) is 23.3 Å². The topological polar surface area (TPSA) is 72.9 Å². The molecule has 1 unspecified atom stereocenters. The normalized spacial score (nSPS) is 12.9. The summed E-state index contributed by atoms with van der Waals surface area (Å²) in [5, 5.41) is 0. The first-order valence-corrected chi connectivity index (χ1v) is 12.8. The summed E-state index contributed by atoms with van der Waals surface area (Å²) in [6.07, 6.45) is 15.8. The molecule has 33 heavy (non-hydrogen) atoms. The highest BCUT2D eigenvalue weighted by Crippen LogP contribution is 2.25. The molecule has 0 fully saturated rings. The Labute approximate surface area is 201 Å². The standard InChI is InChI=1S/C27H47NO5/c1-7-10-11-12-13-14-15-16-17-18-19-22(4)25(27(31)33-9-3)23(26(30)32-8-2)20-21-24(29)28(5)6/h20-22H,7-19H2,1-6H3/b21-20+,25-23+. The predicted octanol–water partition coefficient (Wildman–Crippen LogP) is 6.00. The van der Waals surface area contributed by atoms with Gasteiger partial charge in [-0.25, -0.2) is 9.59 Å². The minimum atomic E-state index is -0.613. The molecule has 0 aliphatic rings. The highest BCUT2D eigenvalue weighted by molar-refractivity contribution is 6.03. The van der Waals surface area contributed by atoms with E-state index >= 15 is 0 Å². The highest BCUT2D eigenvalue weighted by Gasteiger charge is 2.26. The van der Waals surface area contributed by atoms with E-state index in [0.29, 0.717) is 0 Å². The largest absolute Gasteiger partial charge is 0.463 e. The predicted molar refractivity (Wildman–Crippen MR) is 134 cm³/mol. The Bertz CT molecular complexity index is 636. The molecule has 0 N–H and O–H groups in total. The van der Waals surface area contributed by atoms with Crippen molar-refractivity contribution in [3.8, 4) is 0 Å². The van der Waals surface area contributed by atoms with E-state index in [4.69, 9.17) is 9.47 Å². The third-order valence-corrected chi connectivity index (χ3v) is 5.60. The molecule has 0 saturated carbocycles. The van der Waals surface area contributed by atoms with Crippen molar-refractivity contribution in [1.29, 1.82) is 0 Å². The first kappa shape index (κ1) is 30.9. The van der Waals surface area contributed by atoms with Crippen LogP contribution >= 0.6 is 0 Å². The third kappa shape index (κ3) is 13.9. The number of likely N-dealkylation sites (N-methyl/N-ethyl adjacent to an activating group) is 1. The van der Waals surface area contributed by atoms with Gasteiger partial charge in [-0.15, -0.1) is 0 Å². The van der Waals surface area contributed by atoms with E-state index in [1.54, 1.807) is 27.9 Å². The van der Waals surface area contributed by atoms with Crippen molar-refractivity contribution in [2.45, 2.75) is 98.3 Å². The SMILES string of the molecule is CCCCCCCCCCCCC(C)/C(C(=O)OCC)=C(/C=C/C(=O)N(C)C)C(=O)OCC. The van der Waals surface area contributed by atoms with Gasteiger partial charge in [0, 0.05) is 20.2 Å². The number of carbonyl (C=O) groups excluding carboxylic acids is 3. The van der Waals surface area contributed by atoms with Crippen LogP contribution in [0.3, 0.4) is 0 Å². The summed E-state index contributed by atoms with van der Waals surface area (Å²) < 4.78 is 10.4.